The van der Waals surface area contributed by atoms with Crippen LogP contribution in [0.5, 0.6) is 0 Å². The molecule has 0 aromatic heterocycles. The molecule has 0 aliphatic heterocycles. The summed E-state index contributed by atoms with van der Waals surface area (Å²) >= 11 is 5.72. The first-order valence-corrected chi connectivity index (χ1v) is 4.46. The Balaban J connectivity index is 2.37. The van der Waals surface area contributed by atoms with Crippen LogP contribution in [0.25, 0.3) is 0 Å². The Morgan fingerprint density at radius 1 is 1.23 bits per heavy atom. The molecule has 0 saturated carbocycles. The predicted molar refractivity (Wildman–Crippen MR) is 56.2 cm³/mol. The Kier molecular flexibility index (Phi) is 4.36. The maximum absolute atomic E-state index is 8.47. The molecule has 2 N–H and O–H groups in total. The zero-order chi connectivity index (χ0) is 9.52. The molecule has 13 heavy (non-hydrogen) atoms. The van der Waals surface area contributed by atoms with E-state index in [2.05, 4.69) is 5.32 Å². The third kappa shape index (κ3) is 3.97. The first-order valence-electron chi connectivity index (χ1n) is 4.08. The number of nitrogens with one attached hydrogen (secondary N) is 1. The highest BCUT2D eigenvalue weighted by Crippen LogP contribution is 2.12. The fourth-order valence-corrected chi connectivity index (χ4v) is 1.03. The van der Waals surface area contributed by atoms with Crippen molar-refractivity contribution in [3.8, 4) is 0 Å². The van der Waals surface area contributed by atoms with Gasteiger partial charge in [-0.3, -0.25) is 0 Å². The van der Waals surface area contributed by atoms with Crippen molar-refractivity contribution >= 4 is 17.3 Å². The summed E-state index contributed by atoms with van der Waals surface area (Å²) in [5.41, 5.74) is 1.02. The van der Waals surface area contributed by atoms with Gasteiger partial charge in [0, 0.05) is 17.3 Å². The second-order valence-corrected chi connectivity index (χ2v) is 2.98. The van der Waals surface area contributed by atoms with E-state index >= 15 is 0 Å². The lowest BCUT2D eigenvalue weighted by Crippen LogP contribution is -1.97. The molecule has 1 rings (SSSR count). The number of rotatable bonds is 4. The van der Waals surface area contributed by atoms with E-state index in [1.165, 1.54) is 0 Å². The third-order valence-electron chi connectivity index (χ3n) is 1.54. The molecule has 0 bridgehead atoms. The summed E-state index contributed by atoms with van der Waals surface area (Å²) in [4.78, 5) is 0. The highest BCUT2D eigenvalue weighted by Gasteiger charge is 1.88. The van der Waals surface area contributed by atoms with Crippen LogP contribution in [0, 0.1) is 0 Å². The van der Waals surface area contributed by atoms with Gasteiger partial charge in [0.05, 0.1) is 6.61 Å². The lowest BCUT2D eigenvalue weighted by atomic mass is 10.3. The fraction of sp³-hybridized carbons (Fsp3) is 0.200. The van der Waals surface area contributed by atoms with Crippen LogP contribution in [0.15, 0.2) is 36.4 Å². The maximum Gasteiger partial charge on any atom is 0.0613 e. The smallest absolute Gasteiger partial charge is 0.0613 e. The van der Waals surface area contributed by atoms with Gasteiger partial charge in [-0.2, -0.15) is 0 Å². The van der Waals surface area contributed by atoms with Crippen molar-refractivity contribution in [2.75, 3.05) is 18.5 Å². The Bertz CT molecular complexity index is 269. The number of aliphatic hydroxyl groups is 1. The van der Waals surface area contributed by atoms with Gasteiger partial charge in [-0.1, -0.05) is 23.8 Å². The summed E-state index contributed by atoms with van der Waals surface area (Å²) in [6, 6.07) is 7.49. The molecule has 0 spiro atoms. The van der Waals surface area contributed by atoms with E-state index < -0.39 is 0 Å². The minimum Gasteiger partial charge on any atom is -0.392 e. The second-order valence-electron chi connectivity index (χ2n) is 2.54. The lowest BCUT2D eigenvalue weighted by molar-refractivity contribution is 0.342. The summed E-state index contributed by atoms with van der Waals surface area (Å²) in [6.07, 6.45) is 3.57. The van der Waals surface area contributed by atoms with Gasteiger partial charge in [0.25, 0.3) is 0 Å². The van der Waals surface area contributed by atoms with Crippen molar-refractivity contribution in [2.45, 2.75) is 0 Å². The Labute approximate surface area is 82.8 Å². The van der Waals surface area contributed by atoms with Gasteiger partial charge in [0.15, 0.2) is 0 Å². The van der Waals surface area contributed by atoms with E-state index in [0.717, 1.165) is 10.7 Å². The normalized spacial score (nSPS) is 10.6. The zero-order valence-electron chi connectivity index (χ0n) is 7.20. The SMILES string of the molecule is OC/C=C/CNc1ccc(Cl)cc1. The van der Waals surface area contributed by atoms with Gasteiger partial charge in [-0.25, -0.2) is 0 Å². The highest BCUT2D eigenvalue weighted by atomic mass is 35.5. The van der Waals surface area contributed by atoms with Crippen molar-refractivity contribution in [3.05, 3.63) is 41.4 Å². The van der Waals surface area contributed by atoms with E-state index in [1.807, 2.05) is 30.3 Å². The summed E-state index contributed by atoms with van der Waals surface area (Å²) in [5.74, 6) is 0. The third-order valence-corrected chi connectivity index (χ3v) is 1.79. The molecule has 0 atom stereocenters. The quantitative estimate of drug-likeness (QED) is 0.726. The average Bonchev–Trinajstić information content (AvgIpc) is 2.15. The Morgan fingerprint density at radius 2 is 1.92 bits per heavy atom. The number of halogens is 1. The molecule has 0 unspecified atom stereocenters. The summed E-state index contributed by atoms with van der Waals surface area (Å²) in [5, 5.41) is 12.4. The first-order chi connectivity index (χ1) is 6.33. The molecule has 0 amide bonds. The molecule has 2 nitrogen and oxygen atoms in total. The van der Waals surface area contributed by atoms with Crippen molar-refractivity contribution < 1.29 is 5.11 Å². The van der Waals surface area contributed by atoms with Crippen LogP contribution in [0.3, 0.4) is 0 Å². The fourth-order valence-electron chi connectivity index (χ4n) is 0.902. The monoisotopic (exact) mass is 197 g/mol. The maximum atomic E-state index is 8.47. The van der Waals surface area contributed by atoms with E-state index in [0.29, 0.717) is 6.54 Å². The van der Waals surface area contributed by atoms with Gasteiger partial charge in [-0.05, 0) is 24.3 Å². The van der Waals surface area contributed by atoms with Crippen LogP contribution in [0.2, 0.25) is 5.02 Å². The van der Waals surface area contributed by atoms with Crippen LogP contribution in [0.4, 0.5) is 5.69 Å². The molecule has 3 heteroatoms. The molecule has 1 aromatic carbocycles. The summed E-state index contributed by atoms with van der Waals surface area (Å²) in [7, 11) is 0. The van der Waals surface area contributed by atoms with Crippen LogP contribution >= 0.6 is 11.6 Å². The molecule has 0 radical (unpaired) electrons. The van der Waals surface area contributed by atoms with Crippen LogP contribution in [-0.2, 0) is 0 Å². The van der Waals surface area contributed by atoms with Crippen molar-refractivity contribution in [2.24, 2.45) is 0 Å². The molecule has 0 heterocycles. The topological polar surface area (TPSA) is 32.3 Å². The highest BCUT2D eigenvalue weighted by molar-refractivity contribution is 6.30. The average molecular weight is 198 g/mol. The van der Waals surface area contributed by atoms with Gasteiger partial charge in [-0.15, -0.1) is 0 Å². The van der Waals surface area contributed by atoms with Crippen molar-refractivity contribution in [3.63, 3.8) is 0 Å². The number of anilines is 1. The summed E-state index contributed by atoms with van der Waals surface area (Å²) < 4.78 is 0. The van der Waals surface area contributed by atoms with Crippen LogP contribution in [0.1, 0.15) is 0 Å². The van der Waals surface area contributed by atoms with E-state index in [-0.39, 0.29) is 6.61 Å². The van der Waals surface area contributed by atoms with Crippen molar-refractivity contribution in [1.29, 1.82) is 0 Å². The summed E-state index contributed by atoms with van der Waals surface area (Å²) in [6.45, 7) is 0.796. The minimum absolute atomic E-state index is 0.0856. The lowest BCUT2D eigenvalue weighted by Gasteiger charge is -2.02. The standard InChI is InChI=1S/C10H12ClNO/c11-9-3-5-10(6-4-9)12-7-1-2-8-13/h1-6,12-13H,7-8H2/b2-1+. The first kappa shape index (κ1) is 10.1. The van der Waals surface area contributed by atoms with Gasteiger partial charge < -0.3 is 10.4 Å². The number of hydrogen-bond acceptors (Lipinski definition) is 2. The largest absolute Gasteiger partial charge is 0.392 e. The van der Waals surface area contributed by atoms with Gasteiger partial charge in [0.1, 0.15) is 0 Å². The number of aliphatic hydroxyl groups excluding tert-OH is 1. The number of hydrogen-bond donors (Lipinski definition) is 2. The van der Waals surface area contributed by atoms with Gasteiger partial charge in [0.2, 0.25) is 0 Å². The molecule has 0 aliphatic rings. The molecule has 1 aromatic rings. The van der Waals surface area contributed by atoms with Crippen LogP contribution < -0.4 is 5.32 Å². The molecular weight excluding hydrogens is 186 g/mol. The minimum atomic E-state index is 0.0856. The predicted octanol–water partition coefficient (Wildman–Crippen LogP) is 2.30. The Morgan fingerprint density at radius 3 is 2.54 bits per heavy atom. The molecule has 70 valence electrons. The molecule has 0 fully saturated rings. The van der Waals surface area contributed by atoms with Crippen LogP contribution in [-0.4, -0.2) is 18.3 Å². The number of benzene rings is 1. The molecule has 0 aliphatic carbocycles. The van der Waals surface area contributed by atoms with Crippen molar-refractivity contribution in [1.82, 2.24) is 0 Å². The zero-order valence-corrected chi connectivity index (χ0v) is 7.96. The van der Waals surface area contributed by atoms with Gasteiger partial charge >= 0.3 is 0 Å². The van der Waals surface area contributed by atoms with E-state index in [1.54, 1.807) is 6.08 Å². The molecule has 0 saturated heterocycles. The van der Waals surface area contributed by atoms with E-state index in [9.17, 15) is 0 Å². The second kappa shape index (κ2) is 5.62. The molecular formula is C10H12ClNO. The Hall–Kier alpha value is -0.990. The van der Waals surface area contributed by atoms with E-state index in [4.69, 9.17) is 16.7 Å².